The van der Waals surface area contributed by atoms with Crippen molar-refractivity contribution in [1.82, 2.24) is 28.8 Å². The standard InChI is InChI=1S/C32H37N9O12S/c1-38(18-8-16-10-39(11-17(16)9-18)31(46)36-30-35-29(50-2)37-54-30)26-19-5-6-40(27(19)34-14-33-26)32(47)51-13-15-3-4-21(20(7-15)41(48)49)52-28-25(45)24(44)23(43)22(12-42)53-28/h3-7,14,16-18,22-25,28,42-45H,8-13H2,1-2H3,(H,35,36,37,46)/t16-,17?,18?,22-,23-,24+,25-,28-/m1/s1. The highest BCUT2D eigenvalue weighted by Gasteiger charge is 2.46. The van der Waals surface area contributed by atoms with Crippen LogP contribution < -0.4 is 19.7 Å². The molecular weight excluding hydrogens is 734 g/mol. The van der Waals surface area contributed by atoms with Crippen molar-refractivity contribution >= 4 is 51.3 Å². The van der Waals surface area contributed by atoms with Crippen LogP contribution >= 0.6 is 11.5 Å². The van der Waals surface area contributed by atoms with Crippen LogP contribution in [-0.4, -0.2) is 137 Å². The number of hydrogen-bond acceptors (Lipinski definition) is 18. The van der Waals surface area contributed by atoms with Crippen molar-refractivity contribution in [2.24, 2.45) is 11.8 Å². The number of aromatic nitrogens is 5. The molecule has 3 aliphatic rings. The molecule has 3 fully saturated rings. The Bertz CT molecular complexity index is 2020. The van der Waals surface area contributed by atoms with Gasteiger partial charge in [-0.15, -0.1) is 4.37 Å². The Hall–Kier alpha value is -5.26. The fourth-order valence-corrected chi connectivity index (χ4v) is 7.73. The molecule has 54 heavy (non-hydrogen) atoms. The molecular formula is C32H37N9O12S. The highest BCUT2D eigenvalue weighted by Crippen LogP contribution is 2.42. The quantitative estimate of drug-likeness (QED) is 0.111. The van der Waals surface area contributed by atoms with Gasteiger partial charge < -0.3 is 49.2 Å². The number of urea groups is 1. The van der Waals surface area contributed by atoms with Crippen LogP contribution in [0.1, 0.15) is 18.4 Å². The Morgan fingerprint density at radius 3 is 2.57 bits per heavy atom. The summed E-state index contributed by atoms with van der Waals surface area (Å²) in [6, 6.07) is 5.56. The summed E-state index contributed by atoms with van der Waals surface area (Å²) in [5, 5.41) is 55.4. The zero-order chi connectivity index (χ0) is 38.3. The lowest BCUT2D eigenvalue weighted by atomic mass is 9.99. The van der Waals surface area contributed by atoms with E-state index in [1.807, 2.05) is 7.05 Å². The number of carbonyl (C=O) groups is 2. The number of nitro groups is 1. The lowest BCUT2D eigenvalue weighted by Gasteiger charge is -2.39. The number of fused-ring (bicyclic) bond motifs is 2. The minimum absolute atomic E-state index is 0.134. The Morgan fingerprint density at radius 2 is 1.89 bits per heavy atom. The van der Waals surface area contributed by atoms with Crippen LogP contribution in [-0.2, 0) is 16.1 Å². The molecule has 1 aromatic carbocycles. The normalized spacial score (nSPS) is 26.4. The van der Waals surface area contributed by atoms with E-state index in [1.165, 1.54) is 36.3 Å². The maximum atomic E-state index is 13.2. The van der Waals surface area contributed by atoms with Gasteiger partial charge >= 0.3 is 23.8 Å². The van der Waals surface area contributed by atoms with Crippen LogP contribution in [0.5, 0.6) is 11.8 Å². The Morgan fingerprint density at radius 1 is 1.13 bits per heavy atom. The number of amides is 2. The molecule has 21 nitrogen and oxygen atoms in total. The summed E-state index contributed by atoms with van der Waals surface area (Å²) in [6.07, 6.45) is -4.29. The van der Waals surface area contributed by atoms with Crippen molar-refractivity contribution in [2.45, 2.75) is 56.2 Å². The lowest BCUT2D eigenvalue weighted by Crippen LogP contribution is -2.60. The number of aliphatic hydroxyl groups excluding tert-OH is 4. The Labute approximate surface area is 310 Å². The molecule has 1 aliphatic carbocycles. The van der Waals surface area contributed by atoms with Crippen molar-refractivity contribution in [3.63, 3.8) is 0 Å². The zero-order valence-electron chi connectivity index (χ0n) is 28.9. The van der Waals surface area contributed by atoms with Crippen molar-refractivity contribution < 1.29 is 53.9 Å². The smallest absolute Gasteiger partial charge is 0.420 e. The SMILES string of the molecule is COc1nsc(NC(=O)N2CC3CC(N(C)c4ncnc5c4ccn5C(=O)OCc4ccc(O[C@@H]5O[C@H](CO)[C@@H](O)[C@H](O)[C@H]5O)c([N+](=O)[O-])c4)C[C@@H]3C2)n1. The third kappa shape index (κ3) is 7.18. The number of hydrogen-bond donors (Lipinski definition) is 5. The second-order valence-electron chi connectivity index (χ2n) is 13.2. The van der Waals surface area contributed by atoms with E-state index in [0.717, 1.165) is 30.4 Å². The van der Waals surface area contributed by atoms with Crippen LogP contribution in [0.3, 0.4) is 0 Å². The third-order valence-corrected chi connectivity index (χ3v) is 10.6. The molecule has 0 bridgehead atoms. The van der Waals surface area contributed by atoms with Gasteiger partial charge in [0.25, 0.3) is 0 Å². The number of likely N-dealkylation sites (tertiary alicyclic amines) is 1. The molecule has 4 aromatic rings. The van der Waals surface area contributed by atoms with E-state index in [0.29, 0.717) is 46.9 Å². The largest absolute Gasteiger partial charge is 0.466 e. The number of nitro benzene ring substituents is 1. The van der Waals surface area contributed by atoms with Gasteiger partial charge in [0.2, 0.25) is 11.4 Å². The number of anilines is 2. The summed E-state index contributed by atoms with van der Waals surface area (Å²) in [7, 11) is 3.40. The van der Waals surface area contributed by atoms with E-state index >= 15 is 0 Å². The number of nitrogens with zero attached hydrogens (tertiary/aromatic N) is 8. The molecule has 5 N–H and O–H groups in total. The first-order valence-electron chi connectivity index (χ1n) is 16.9. The van der Waals surface area contributed by atoms with E-state index in [9.17, 15) is 40.1 Å². The lowest BCUT2D eigenvalue weighted by molar-refractivity contribution is -0.387. The van der Waals surface area contributed by atoms with Gasteiger partial charge in [0.05, 0.1) is 24.0 Å². The zero-order valence-corrected chi connectivity index (χ0v) is 29.7. The summed E-state index contributed by atoms with van der Waals surface area (Å²) in [5.74, 6) is 0.896. The number of carbonyl (C=O) groups excluding carboxylic acids is 2. The first-order valence-corrected chi connectivity index (χ1v) is 17.6. The molecule has 2 amide bonds. The Balaban J connectivity index is 0.970. The van der Waals surface area contributed by atoms with Crippen LogP contribution in [0.2, 0.25) is 0 Å². The predicted molar refractivity (Wildman–Crippen MR) is 186 cm³/mol. The van der Waals surface area contributed by atoms with E-state index in [-0.39, 0.29) is 36.0 Å². The van der Waals surface area contributed by atoms with Crippen molar-refractivity contribution in [2.75, 3.05) is 44.1 Å². The average molecular weight is 772 g/mol. The highest BCUT2D eigenvalue weighted by atomic mass is 32.1. The maximum absolute atomic E-state index is 13.2. The topological polar surface area (TPSA) is 270 Å². The molecule has 3 aromatic heterocycles. The molecule has 0 spiro atoms. The van der Waals surface area contributed by atoms with Gasteiger partial charge in [0.15, 0.2) is 11.4 Å². The molecule has 2 aliphatic heterocycles. The third-order valence-electron chi connectivity index (χ3n) is 10.0. The summed E-state index contributed by atoms with van der Waals surface area (Å²) < 4.78 is 26.5. The number of nitrogens with one attached hydrogen (secondary N) is 1. The first kappa shape index (κ1) is 37.1. The van der Waals surface area contributed by atoms with Crippen LogP contribution in [0.25, 0.3) is 11.0 Å². The second kappa shape index (κ2) is 15.2. The number of methoxy groups -OCH3 is 1. The molecule has 1 saturated carbocycles. The molecule has 5 heterocycles. The fourth-order valence-electron chi connectivity index (χ4n) is 7.20. The molecule has 8 atom stereocenters. The second-order valence-corrected chi connectivity index (χ2v) is 14.0. The number of rotatable bonds is 10. The van der Waals surface area contributed by atoms with Gasteiger partial charge in [-0.3, -0.25) is 15.4 Å². The van der Waals surface area contributed by atoms with Gasteiger partial charge in [0.1, 0.15) is 43.2 Å². The molecule has 288 valence electrons. The van der Waals surface area contributed by atoms with Crippen LogP contribution in [0.15, 0.2) is 36.8 Å². The van der Waals surface area contributed by atoms with Gasteiger partial charge in [-0.1, -0.05) is 6.07 Å². The summed E-state index contributed by atoms with van der Waals surface area (Å²) in [5.41, 5.74) is 0.0000595. The summed E-state index contributed by atoms with van der Waals surface area (Å²) in [6.45, 7) is 0.156. The van der Waals surface area contributed by atoms with Crippen molar-refractivity contribution in [3.05, 3.63) is 52.5 Å². The molecule has 0 radical (unpaired) electrons. The monoisotopic (exact) mass is 771 g/mol. The van der Waals surface area contributed by atoms with Crippen LogP contribution in [0, 0.1) is 22.0 Å². The minimum Gasteiger partial charge on any atom is -0.466 e. The van der Waals surface area contributed by atoms with Crippen molar-refractivity contribution in [1.29, 1.82) is 0 Å². The number of ether oxygens (including phenoxy) is 4. The highest BCUT2D eigenvalue weighted by molar-refractivity contribution is 7.10. The summed E-state index contributed by atoms with van der Waals surface area (Å²) in [4.78, 5) is 54.0. The molecule has 7 rings (SSSR count). The molecule has 2 unspecified atom stereocenters. The van der Waals surface area contributed by atoms with Gasteiger partial charge in [-0.2, -0.15) is 4.98 Å². The van der Waals surface area contributed by atoms with E-state index in [4.69, 9.17) is 18.9 Å². The number of benzene rings is 1. The van der Waals surface area contributed by atoms with Crippen LogP contribution in [0.4, 0.5) is 26.2 Å². The number of aliphatic hydroxyl groups is 4. The maximum Gasteiger partial charge on any atom is 0.420 e. The van der Waals surface area contributed by atoms with E-state index < -0.39 is 54.0 Å². The fraction of sp³-hybridized carbons (Fsp3) is 0.500. The van der Waals surface area contributed by atoms with Gasteiger partial charge in [-0.05, 0) is 42.4 Å². The first-order chi connectivity index (χ1) is 25.9. The molecule has 2 saturated heterocycles. The van der Waals surface area contributed by atoms with Gasteiger partial charge in [0, 0.05) is 50.0 Å². The molecule has 22 heteroatoms. The minimum atomic E-state index is -1.77. The van der Waals surface area contributed by atoms with Gasteiger partial charge in [-0.25, -0.2) is 24.1 Å². The van der Waals surface area contributed by atoms with Crippen molar-refractivity contribution in [3.8, 4) is 11.8 Å². The van der Waals surface area contributed by atoms with E-state index in [2.05, 4.69) is 29.5 Å². The Kier molecular flexibility index (Phi) is 10.5. The van der Waals surface area contributed by atoms with E-state index in [1.54, 1.807) is 11.0 Å². The average Bonchev–Trinajstić information content (AvgIpc) is 3.97. The predicted octanol–water partition coefficient (Wildman–Crippen LogP) is 0.942. The summed E-state index contributed by atoms with van der Waals surface area (Å²) >= 11 is 1.05.